The summed E-state index contributed by atoms with van der Waals surface area (Å²) in [6.45, 7) is 3.56. The molecule has 0 aromatic heterocycles. The molecule has 1 aliphatic heterocycles. The third-order valence-corrected chi connectivity index (χ3v) is 4.48. The maximum atomic E-state index is 5.43. The van der Waals surface area contributed by atoms with Crippen molar-refractivity contribution in [2.24, 2.45) is 10.9 Å². The van der Waals surface area contributed by atoms with Gasteiger partial charge in [-0.2, -0.15) is 0 Å². The van der Waals surface area contributed by atoms with Gasteiger partial charge in [0.15, 0.2) is 5.96 Å². The lowest BCUT2D eigenvalue weighted by Gasteiger charge is -2.24. The highest BCUT2D eigenvalue weighted by Gasteiger charge is 2.18. The molecular weight excluding hydrogens is 282 g/mol. The molecule has 0 aliphatic carbocycles. The molecule has 4 nitrogen and oxygen atoms in total. The molecule has 1 aliphatic rings. The minimum atomic E-state index is 0.620. The molecule has 1 unspecified atom stereocenters. The summed E-state index contributed by atoms with van der Waals surface area (Å²) < 4.78 is 5.43. The van der Waals surface area contributed by atoms with E-state index in [9.17, 15) is 0 Å². The molecule has 0 amide bonds. The quantitative estimate of drug-likeness (QED) is 0.515. The molecule has 116 valence electrons. The van der Waals surface area contributed by atoms with Gasteiger partial charge in [0.25, 0.3) is 0 Å². The van der Waals surface area contributed by atoms with Crippen molar-refractivity contribution in [1.82, 2.24) is 10.2 Å². The Bertz CT molecular complexity index is 455. The molecule has 1 atom stereocenters. The fourth-order valence-corrected chi connectivity index (χ4v) is 2.92. The van der Waals surface area contributed by atoms with E-state index in [1.165, 1.54) is 10.5 Å². The van der Waals surface area contributed by atoms with E-state index in [-0.39, 0.29) is 0 Å². The van der Waals surface area contributed by atoms with Gasteiger partial charge in [0, 0.05) is 44.6 Å². The molecule has 5 heteroatoms. The van der Waals surface area contributed by atoms with Gasteiger partial charge in [-0.3, -0.25) is 4.99 Å². The molecule has 1 aromatic rings. The Morgan fingerprint density at radius 2 is 2.19 bits per heavy atom. The van der Waals surface area contributed by atoms with E-state index >= 15 is 0 Å². The number of nitrogens with zero attached hydrogens (tertiary/aromatic N) is 2. The maximum Gasteiger partial charge on any atom is 0.193 e. The number of nitrogens with one attached hydrogen (secondary N) is 1. The van der Waals surface area contributed by atoms with Crippen molar-refractivity contribution in [3.63, 3.8) is 0 Å². The number of thioether (sulfide) groups is 1. The summed E-state index contributed by atoms with van der Waals surface area (Å²) in [6.07, 6.45) is 3.24. The number of hydrogen-bond donors (Lipinski definition) is 1. The van der Waals surface area contributed by atoms with Crippen LogP contribution in [0.1, 0.15) is 12.0 Å². The molecule has 1 aromatic carbocycles. The zero-order valence-corrected chi connectivity index (χ0v) is 13.9. The minimum Gasteiger partial charge on any atom is -0.381 e. The molecular formula is C16H25N3OS. The van der Waals surface area contributed by atoms with Gasteiger partial charge in [0.2, 0.25) is 0 Å². The first-order valence-electron chi connectivity index (χ1n) is 7.35. The number of benzene rings is 1. The second-order valence-corrected chi connectivity index (χ2v) is 6.24. The van der Waals surface area contributed by atoms with Crippen molar-refractivity contribution in [2.75, 3.05) is 40.1 Å². The normalized spacial score (nSPS) is 18.8. The van der Waals surface area contributed by atoms with Gasteiger partial charge >= 0.3 is 0 Å². The maximum absolute atomic E-state index is 5.43. The molecule has 1 N–H and O–H groups in total. The largest absolute Gasteiger partial charge is 0.381 e. The SMILES string of the molecule is CN=C(NCc1ccc(SC)cc1)N(C)CC1CCOC1. The topological polar surface area (TPSA) is 36.9 Å². The van der Waals surface area contributed by atoms with E-state index in [0.29, 0.717) is 5.92 Å². The van der Waals surface area contributed by atoms with Gasteiger partial charge in [-0.05, 0) is 30.4 Å². The molecule has 0 radical (unpaired) electrons. The highest BCUT2D eigenvalue weighted by atomic mass is 32.2. The second-order valence-electron chi connectivity index (χ2n) is 5.36. The van der Waals surface area contributed by atoms with Crippen LogP contribution < -0.4 is 5.32 Å². The van der Waals surface area contributed by atoms with Crippen LogP contribution in [-0.2, 0) is 11.3 Å². The van der Waals surface area contributed by atoms with E-state index in [1.54, 1.807) is 11.8 Å². The monoisotopic (exact) mass is 307 g/mol. The first-order valence-corrected chi connectivity index (χ1v) is 8.58. The van der Waals surface area contributed by atoms with Crippen LogP contribution in [0.5, 0.6) is 0 Å². The summed E-state index contributed by atoms with van der Waals surface area (Å²) in [5.41, 5.74) is 1.27. The van der Waals surface area contributed by atoms with Crippen LogP contribution >= 0.6 is 11.8 Å². The zero-order valence-electron chi connectivity index (χ0n) is 13.1. The van der Waals surface area contributed by atoms with E-state index < -0.39 is 0 Å². The predicted octanol–water partition coefficient (Wildman–Crippen LogP) is 2.45. The first kappa shape index (κ1) is 16.2. The average Bonchev–Trinajstić information content (AvgIpc) is 3.01. The Hall–Kier alpha value is -1.20. The smallest absolute Gasteiger partial charge is 0.193 e. The summed E-state index contributed by atoms with van der Waals surface area (Å²) in [6, 6.07) is 8.64. The molecule has 21 heavy (non-hydrogen) atoms. The van der Waals surface area contributed by atoms with E-state index in [4.69, 9.17) is 4.74 Å². The molecule has 1 heterocycles. The van der Waals surface area contributed by atoms with Gasteiger partial charge in [0.05, 0.1) is 6.61 Å². The Kier molecular flexibility index (Phi) is 6.39. The van der Waals surface area contributed by atoms with Gasteiger partial charge in [-0.15, -0.1) is 11.8 Å². The third kappa shape index (κ3) is 4.93. The second kappa shape index (κ2) is 8.29. The number of hydrogen-bond acceptors (Lipinski definition) is 3. The highest BCUT2D eigenvalue weighted by Crippen LogP contribution is 2.15. The Balaban J connectivity index is 1.83. The third-order valence-electron chi connectivity index (χ3n) is 3.74. The highest BCUT2D eigenvalue weighted by molar-refractivity contribution is 7.98. The Labute approximate surface area is 132 Å². The minimum absolute atomic E-state index is 0.620. The molecule has 0 spiro atoms. The lowest BCUT2D eigenvalue weighted by Crippen LogP contribution is -2.41. The van der Waals surface area contributed by atoms with Crippen LogP contribution in [0.2, 0.25) is 0 Å². The summed E-state index contributed by atoms with van der Waals surface area (Å²) in [4.78, 5) is 7.85. The fraction of sp³-hybridized carbons (Fsp3) is 0.562. The lowest BCUT2D eigenvalue weighted by atomic mass is 10.1. The standard InChI is InChI=1S/C16H25N3OS/c1-17-16(19(2)11-14-8-9-20-12-14)18-10-13-4-6-15(21-3)7-5-13/h4-7,14H,8-12H2,1-3H3,(H,17,18). The van der Waals surface area contributed by atoms with Gasteiger partial charge in [0.1, 0.15) is 0 Å². The van der Waals surface area contributed by atoms with Crippen LogP contribution in [0.15, 0.2) is 34.2 Å². The van der Waals surface area contributed by atoms with Gasteiger partial charge < -0.3 is 15.0 Å². The van der Waals surface area contributed by atoms with E-state index in [2.05, 4.69) is 52.8 Å². The van der Waals surface area contributed by atoms with Crippen molar-refractivity contribution >= 4 is 17.7 Å². The molecule has 0 saturated carbocycles. The predicted molar refractivity (Wildman–Crippen MR) is 90.0 cm³/mol. The van der Waals surface area contributed by atoms with Crippen molar-refractivity contribution < 1.29 is 4.74 Å². The van der Waals surface area contributed by atoms with Crippen LogP contribution in [0.25, 0.3) is 0 Å². The summed E-state index contributed by atoms with van der Waals surface area (Å²) in [5, 5.41) is 3.43. The van der Waals surface area contributed by atoms with Crippen molar-refractivity contribution in [2.45, 2.75) is 17.9 Å². The number of aliphatic imine (C=N–C) groups is 1. The van der Waals surface area contributed by atoms with E-state index in [0.717, 1.165) is 38.7 Å². The van der Waals surface area contributed by atoms with Crippen molar-refractivity contribution in [3.8, 4) is 0 Å². The average molecular weight is 307 g/mol. The number of guanidine groups is 1. The Morgan fingerprint density at radius 3 is 2.76 bits per heavy atom. The fourth-order valence-electron chi connectivity index (χ4n) is 2.51. The first-order chi connectivity index (χ1) is 10.2. The van der Waals surface area contributed by atoms with Crippen molar-refractivity contribution in [1.29, 1.82) is 0 Å². The summed E-state index contributed by atoms with van der Waals surface area (Å²) >= 11 is 1.76. The lowest BCUT2D eigenvalue weighted by molar-refractivity contribution is 0.181. The van der Waals surface area contributed by atoms with Crippen LogP contribution in [0, 0.1) is 5.92 Å². The van der Waals surface area contributed by atoms with Crippen LogP contribution in [0.4, 0.5) is 0 Å². The summed E-state index contributed by atoms with van der Waals surface area (Å²) in [5.74, 6) is 1.56. The number of ether oxygens (including phenoxy) is 1. The van der Waals surface area contributed by atoms with Crippen molar-refractivity contribution in [3.05, 3.63) is 29.8 Å². The van der Waals surface area contributed by atoms with Crippen LogP contribution in [0.3, 0.4) is 0 Å². The van der Waals surface area contributed by atoms with Gasteiger partial charge in [-0.1, -0.05) is 12.1 Å². The van der Waals surface area contributed by atoms with Crippen LogP contribution in [-0.4, -0.2) is 51.0 Å². The van der Waals surface area contributed by atoms with E-state index in [1.807, 2.05) is 7.05 Å². The summed E-state index contributed by atoms with van der Waals surface area (Å²) in [7, 11) is 3.92. The Morgan fingerprint density at radius 1 is 1.43 bits per heavy atom. The molecule has 1 fully saturated rings. The number of rotatable bonds is 5. The van der Waals surface area contributed by atoms with Gasteiger partial charge in [-0.25, -0.2) is 0 Å². The molecule has 0 bridgehead atoms. The molecule has 1 saturated heterocycles. The molecule has 2 rings (SSSR count). The zero-order chi connectivity index (χ0) is 15.1.